The summed E-state index contributed by atoms with van der Waals surface area (Å²) in [5.74, 6) is 0.953. The van der Waals surface area contributed by atoms with Crippen LogP contribution < -0.4 is 0 Å². The number of aryl methyl sites for hydroxylation is 1. The van der Waals surface area contributed by atoms with Gasteiger partial charge in [0.2, 0.25) is 0 Å². The molecule has 0 saturated heterocycles. The largest absolute Gasteiger partial charge is 0.302 e. The zero-order valence-electron chi connectivity index (χ0n) is 14.2. The number of hydrogen-bond donors (Lipinski definition) is 0. The molecule has 1 aliphatic carbocycles. The SMILES string of the molecule is CCC.CCC1(C)CCc2nc(CN(C)C)ncc2C1. The van der Waals surface area contributed by atoms with Gasteiger partial charge in [0.05, 0.1) is 6.54 Å². The molecule has 0 fully saturated rings. The van der Waals surface area contributed by atoms with E-state index in [-0.39, 0.29) is 0 Å². The Morgan fingerprint density at radius 2 is 1.90 bits per heavy atom. The van der Waals surface area contributed by atoms with E-state index < -0.39 is 0 Å². The summed E-state index contributed by atoms with van der Waals surface area (Å²) in [4.78, 5) is 11.3. The molecule has 1 unspecified atom stereocenters. The Morgan fingerprint density at radius 3 is 2.45 bits per heavy atom. The van der Waals surface area contributed by atoms with Gasteiger partial charge in [0, 0.05) is 11.9 Å². The average Bonchev–Trinajstić information content (AvgIpc) is 2.39. The van der Waals surface area contributed by atoms with Crippen LogP contribution in [-0.2, 0) is 19.4 Å². The van der Waals surface area contributed by atoms with Crippen molar-refractivity contribution in [2.24, 2.45) is 5.41 Å². The number of aromatic nitrogens is 2. The second-order valence-corrected chi connectivity index (χ2v) is 6.54. The van der Waals surface area contributed by atoms with Gasteiger partial charge in [0.1, 0.15) is 5.82 Å². The van der Waals surface area contributed by atoms with E-state index >= 15 is 0 Å². The molecular weight excluding hydrogens is 246 g/mol. The lowest BCUT2D eigenvalue weighted by Gasteiger charge is -2.33. The van der Waals surface area contributed by atoms with Crippen molar-refractivity contribution in [3.8, 4) is 0 Å². The smallest absolute Gasteiger partial charge is 0.142 e. The van der Waals surface area contributed by atoms with E-state index in [1.54, 1.807) is 0 Å². The summed E-state index contributed by atoms with van der Waals surface area (Å²) in [6.07, 6.45) is 8.05. The molecule has 20 heavy (non-hydrogen) atoms. The van der Waals surface area contributed by atoms with E-state index in [1.807, 2.05) is 6.20 Å². The molecule has 1 aromatic rings. The van der Waals surface area contributed by atoms with Gasteiger partial charge in [-0.25, -0.2) is 9.97 Å². The molecule has 1 heterocycles. The molecule has 3 heteroatoms. The minimum absolute atomic E-state index is 0.458. The molecule has 0 amide bonds. The molecule has 2 rings (SSSR count). The van der Waals surface area contributed by atoms with Crippen molar-refractivity contribution in [3.05, 3.63) is 23.3 Å². The zero-order valence-corrected chi connectivity index (χ0v) is 14.2. The van der Waals surface area contributed by atoms with Gasteiger partial charge in [-0.2, -0.15) is 0 Å². The van der Waals surface area contributed by atoms with Crippen LogP contribution in [-0.4, -0.2) is 29.0 Å². The van der Waals surface area contributed by atoms with E-state index in [4.69, 9.17) is 4.98 Å². The lowest BCUT2D eigenvalue weighted by molar-refractivity contribution is 0.264. The maximum Gasteiger partial charge on any atom is 0.142 e. The minimum Gasteiger partial charge on any atom is -0.302 e. The lowest BCUT2D eigenvalue weighted by atomic mass is 9.73. The van der Waals surface area contributed by atoms with Gasteiger partial charge in [-0.05, 0) is 44.3 Å². The van der Waals surface area contributed by atoms with Gasteiger partial charge in [-0.15, -0.1) is 0 Å². The molecule has 0 spiro atoms. The normalized spacial score (nSPS) is 21.1. The molecule has 3 nitrogen and oxygen atoms in total. The maximum atomic E-state index is 4.70. The molecular formula is C17H31N3. The third-order valence-electron chi connectivity index (χ3n) is 3.90. The molecule has 0 radical (unpaired) electrons. The second-order valence-electron chi connectivity index (χ2n) is 6.54. The first-order valence-electron chi connectivity index (χ1n) is 7.92. The third kappa shape index (κ3) is 4.86. The highest BCUT2D eigenvalue weighted by Crippen LogP contribution is 2.36. The molecule has 0 bridgehead atoms. The Hall–Kier alpha value is -0.960. The standard InChI is InChI=1S/C14H23N3.C3H8/c1-5-14(2)7-6-12-11(8-14)9-15-13(16-12)10-17(3)4;1-3-2/h9H,5-8,10H2,1-4H3;3H2,1-2H3. The van der Waals surface area contributed by atoms with E-state index in [1.165, 1.54) is 30.5 Å². The predicted octanol–water partition coefficient (Wildman–Crippen LogP) is 3.86. The van der Waals surface area contributed by atoms with Gasteiger partial charge in [0.25, 0.3) is 0 Å². The van der Waals surface area contributed by atoms with Crippen molar-refractivity contribution in [1.29, 1.82) is 0 Å². The summed E-state index contributed by atoms with van der Waals surface area (Å²) in [5.41, 5.74) is 3.10. The quantitative estimate of drug-likeness (QED) is 0.840. The van der Waals surface area contributed by atoms with Gasteiger partial charge in [-0.1, -0.05) is 40.5 Å². The van der Waals surface area contributed by atoms with Crippen LogP contribution in [0.3, 0.4) is 0 Å². The first kappa shape index (κ1) is 17.1. The molecule has 1 aromatic heterocycles. The Bertz CT molecular complexity index is 415. The van der Waals surface area contributed by atoms with E-state index in [2.05, 4.69) is 51.7 Å². The summed E-state index contributed by atoms with van der Waals surface area (Å²) in [6.45, 7) is 9.74. The zero-order chi connectivity index (χ0) is 15.2. The lowest BCUT2D eigenvalue weighted by Crippen LogP contribution is -2.26. The Labute approximate surface area is 124 Å². The molecule has 114 valence electrons. The van der Waals surface area contributed by atoms with Crippen LogP contribution in [0, 0.1) is 5.41 Å². The van der Waals surface area contributed by atoms with Crippen LogP contribution in [0.2, 0.25) is 0 Å². The predicted molar refractivity (Wildman–Crippen MR) is 85.8 cm³/mol. The van der Waals surface area contributed by atoms with E-state index in [0.717, 1.165) is 25.2 Å². The molecule has 0 N–H and O–H groups in total. The van der Waals surface area contributed by atoms with Crippen molar-refractivity contribution in [1.82, 2.24) is 14.9 Å². The van der Waals surface area contributed by atoms with E-state index in [9.17, 15) is 0 Å². The average molecular weight is 277 g/mol. The summed E-state index contributed by atoms with van der Waals surface area (Å²) in [7, 11) is 4.11. The molecule has 1 atom stereocenters. The minimum atomic E-state index is 0.458. The third-order valence-corrected chi connectivity index (χ3v) is 3.90. The number of fused-ring (bicyclic) bond motifs is 1. The topological polar surface area (TPSA) is 29.0 Å². The fourth-order valence-corrected chi connectivity index (χ4v) is 2.48. The Morgan fingerprint density at radius 1 is 1.25 bits per heavy atom. The molecule has 1 aliphatic rings. The van der Waals surface area contributed by atoms with Crippen LogP contribution in [0.1, 0.15) is 64.0 Å². The monoisotopic (exact) mass is 277 g/mol. The molecule has 0 aromatic carbocycles. The number of hydrogen-bond acceptors (Lipinski definition) is 3. The van der Waals surface area contributed by atoms with Crippen molar-refractivity contribution in [3.63, 3.8) is 0 Å². The van der Waals surface area contributed by atoms with Crippen molar-refractivity contribution in [2.45, 2.75) is 66.3 Å². The van der Waals surface area contributed by atoms with Gasteiger partial charge in [-0.3, -0.25) is 0 Å². The van der Waals surface area contributed by atoms with Gasteiger partial charge >= 0.3 is 0 Å². The summed E-state index contributed by atoms with van der Waals surface area (Å²) < 4.78 is 0. The fraction of sp³-hybridized carbons (Fsp3) is 0.765. The summed E-state index contributed by atoms with van der Waals surface area (Å²) in [5, 5.41) is 0. The van der Waals surface area contributed by atoms with Gasteiger partial charge < -0.3 is 4.90 Å². The highest BCUT2D eigenvalue weighted by atomic mass is 15.1. The number of nitrogens with zero attached hydrogens (tertiary/aromatic N) is 3. The highest BCUT2D eigenvalue weighted by molar-refractivity contribution is 5.23. The van der Waals surface area contributed by atoms with Crippen molar-refractivity contribution in [2.75, 3.05) is 14.1 Å². The van der Waals surface area contributed by atoms with E-state index in [0.29, 0.717) is 5.41 Å². The highest BCUT2D eigenvalue weighted by Gasteiger charge is 2.29. The second kappa shape index (κ2) is 7.72. The number of rotatable bonds is 3. The van der Waals surface area contributed by atoms with Crippen LogP contribution >= 0.6 is 0 Å². The van der Waals surface area contributed by atoms with Crippen LogP contribution in [0.25, 0.3) is 0 Å². The first-order chi connectivity index (χ1) is 9.44. The molecule has 0 saturated carbocycles. The van der Waals surface area contributed by atoms with Crippen molar-refractivity contribution >= 4 is 0 Å². The first-order valence-corrected chi connectivity index (χ1v) is 7.92. The molecule has 0 aliphatic heterocycles. The summed E-state index contributed by atoms with van der Waals surface area (Å²) >= 11 is 0. The van der Waals surface area contributed by atoms with Crippen LogP contribution in [0.5, 0.6) is 0 Å². The van der Waals surface area contributed by atoms with Crippen LogP contribution in [0.15, 0.2) is 6.20 Å². The van der Waals surface area contributed by atoms with Crippen molar-refractivity contribution < 1.29 is 0 Å². The summed E-state index contributed by atoms with van der Waals surface area (Å²) in [6, 6.07) is 0. The maximum absolute atomic E-state index is 4.70. The fourth-order valence-electron chi connectivity index (χ4n) is 2.48. The van der Waals surface area contributed by atoms with Gasteiger partial charge in [0.15, 0.2) is 0 Å². The Kier molecular flexibility index (Phi) is 6.60. The van der Waals surface area contributed by atoms with Crippen LogP contribution in [0.4, 0.5) is 0 Å². The Balaban J connectivity index is 0.000000612.